The van der Waals surface area contributed by atoms with Gasteiger partial charge in [0.2, 0.25) is 11.8 Å². The Bertz CT molecular complexity index is 3230. The van der Waals surface area contributed by atoms with Crippen LogP contribution in [0.25, 0.3) is 32.3 Å². The van der Waals surface area contributed by atoms with E-state index in [-0.39, 0.29) is 60.4 Å². The number of methoxy groups -OCH3 is 2. The number of carboxylic acids is 2. The molecule has 0 radical (unpaired) electrons. The first-order valence-electron chi connectivity index (χ1n) is 25.8. The van der Waals surface area contributed by atoms with E-state index in [1.54, 1.807) is 26.5 Å². The zero-order valence-corrected chi connectivity index (χ0v) is 51.7. The number of nitrogens with two attached hydrogens (primary N) is 1. The standard InChI is InChI=1S/2C18H21NO3.C17H19NO3.2C3H7NO.C2H4O2.CH5N/c2*1-9-10(2)12(4)17-16(11(9)3)14(7-15(21)22-6)8-19-18(17)13(5)20;1-8-9(2)11(4)16-15(10(8)3)13(6-14(20)21)7-18-17(16)12(5)19;2*1-3(5)4-2;1-2(3)4;1-2/h2*8H,7H2,1-6H3;7H,6H2,1-5H3,(H,20,21);2*1-2H3,(H,4,5);1H3,(H,3,4);2H2,1H3. The number of aryl methyl sites for hydroxylation is 6. The zero-order chi connectivity index (χ0) is 63.2. The summed E-state index contributed by atoms with van der Waals surface area (Å²) in [6.45, 7) is 32.8. The van der Waals surface area contributed by atoms with E-state index in [1.807, 2.05) is 69.2 Å². The predicted molar refractivity (Wildman–Crippen MR) is 318 cm³/mol. The minimum Gasteiger partial charge on any atom is -0.481 e. The Morgan fingerprint density at radius 3 is 0.741 bits per heavy atom. The Kier molecular flexibility index (Phi) is 29.9. The van der Waals surface area contributed by atoms with Crippen LogP contribution in [0.4, 0.5) is 0 Å². The Hall–Kier alpha value is -8.32. The van der Waals surface area contributed by atoms with Crippen LogP contribution in [-0.4, -0.2) is 114 Å². The molecule has 0 aliphatic heterocycles. The molecule has 0 bridgehead atoms. The number of carbonyl (C=O) groups is 9. The number of benzene rings is 3. The molecule has 0 atom stereocenters. The summed E-state index contributed by atoms with van der Waals surface area (Å²) in [5.74, 6) is -2.59. The summed E-state index contributed by atoms with van der Waals surface area (Å²) in [5.41, 5.74) is 21.3. The number of carboxylic acid groups (broad SMARTS) is 2. The fraction of sp³-hybridized carbons (Fsp3) is 0.419. The quantitative estimate of drug-likeness (QED) is 0.0665. The molecule has 0 fully saturated rings. The van der Waals surface area contributed by atoms with Crippen LogP contribution in [0.5, 0.6) is 0 Å². The molecule has 3 aromatic heterocycles. The smallest absolute Gasteiger partial charge is 0.310 e. The number of amides is 2. The van der Waals surface area contributed by atoms with Crippen molar-refractivity contribution in [3.8, 4) is 0 Å². The van der Waals surface area contributed by atoms with Gasteiger partial charge in [-0.1, -0.05) is 0 Å². The first kappa shape index (κ1) is 72.7. The molecule has 0 spiro atoms. The molecule has 19 heteroatoms. The van der Waals surface area contributed by atoms with Crippen LogP contribution in [0, 0.1) is 83.1 Å². The van der Waals surface area contributed by atoms with Crippen LogP contribution >= 0.6 is 0 Å². The Labute approximate surface area is 476 Å². The maximum absolute atomic E-state index is 12.0. The molecule has 81 heavy (non-hydrogen) atoms. The minimum atomic E-state index is -0.899. The molecule has 6 aromatic rings. The van der Waals surface area contributed by atoms with Crippen molar-refractivity contribution >= 4 is 85.4 Å². The largest absolute Gasteiger partial charge is 0.481 e. The number of ketones is 3. The second-order valence-electron chi connectivity index (χ2n) is 19.0. The molecule has 0 aliphatic carbocycles. The third-order valence-electron chi connectivity index (χ3n) is 14.0. The average molecular weight is 1120 g/mol. The fourth-order valence-electron chi connectivity index (χ4n) is 8.67. The van der Waals surface area contributed by atoms with Crippen molar-refractivity contribution < 1.29 is 62.8 Å². The highest BCUT2D eigenvalue weighted by atomic mass is 16.5. The van der Waals surface area contributed by atoms with Crippen molar-refractivity contribution in [1.82, 2.24) is 25.6 Å². The maximum Gasteiger partial charge on any atom is 0.310 e. The van der Waals surface area contributed by atoms with Gasteiger partial charge >= 0.3 is 17.9 Å². The van der Waals surface area contributed by atoms with Crippen LogP contribution < -0.4 is 16.4 Å². The number of esters is 2. The topological polar surface area (TPSA) is 301 Å². The van der Waals surface area contributed by atoms with Gasteiger partial charge in [0.1, 0.15) is 17.1 Å². The van der Waals surface area contributed by atoms with Crippen LogP contribution in [0.2, 0.25) is 0 Å². The molecular formula is C62H84N6O13. The van der Waals surface area contributed by atoms with Crippen LogP contribution in [0.15, 0.2) is 18.6 Å². The van der Waals surface area contributed by atoms with E-state index in [9.17, 15) is 38.4 Å². The number of Topliss-reactive ketones (excluding diaryl/α,β-unsaturated/α-hetero) is 3. The molecule has 2 amide bonds. The average Bonchev–Trinajstić information content (AvgIpc) is 3.41. The number of nitrogens with one attached hydrogen (secondary N) is 2. The van der Waals surface area contributed by atoms with E-state index >= 15 is 0 Å². The Balaban J connectivity index is 0.00000104. The summed E-state index contributed by atoms with van der Waals surface area (Å²) in [4.78, 5) is 111. The van der Waals surface area contributed by atoms with Gasteiger partial charge in [-0.3, -0.25) is 58.1 Å². The lowest BCUT2D eigenvalue weighted by atomic mass is 9.88. The molecule has 0 unspecified atom stereocenters. The number of hydrogen-bond donors (Lipinski definition) is 5. The molecule has 0 saturated carbocycles. The molecule has 0 aliphatic rings. The van der Waals surface area contributed by atoms with Gasteiger partial charge in [-0.25, -0.2) is 0 Å². The van der Waals surface area contributed by atoms with Crippen LogP contribution in [0.1, 0.15) is 156 Å². The second kappa shape index (κ2) is 33.3. The molecule has 440 valence electrons. The molecular weight excluding hydrogens is 1040 g/mol. The number of rotatable bonds is 9. The summed E-state index contributed by atoms with van der Waals surface area (Å²) in [5, 5.41) is 26.6. The first-order valence-corrected chi connectivity index (χ1v) is 25.8. The highest BCUT2D eigenvalue weighted by molar-refractivity contribution is 6.11. The Morgan fingerprint density at radius 1 is 0.395 bits per heavy atom. The molecule has 6 N–H and O–H groups in total. The van der Waals surface area contributed by atoms with E-state index in [2.05, 4.69) is 45.2 Å². The first-order chi connectivity index (χ1) is 37.6. The number of fused-ring (bicyclic) bond motifs is 3. The molecule has 3 aromatic carbocycles. The number of aromatic nitrogens is 3. The van der Waals surface area contributed by atoms with E-state index < -0.39 is 11.9 Å². The fourth-order valence-corrected chi connectivity index (χ4v) is 8.67. The van der Waals surface area contributed by atoms with E-state index in [4.69, 9.17) is 24.5 Å². The lowest BCUT2D eigenvalue weighted by Crippen LogP contribution is -2.11. The summed E-state index contributed by atoms with van der Waals surface area (Å²) in [6, 6.07) is 0. The van der Waals surface area contributed by atoms with E-state index in [0.29, 0.717) is 22.6 Å². The third kappa shape index (κ3) is 19.2. The van der Waals surface area contributed by atoms with Crippen LogP contribution in [-0.2, 0) is 57.5 Å². The van der Waals surface area contributed by atoms with Gasteiger partial charge in [0.15, 0.2) is 17.3 Å². The van der Waals surface area contributed by atoms with Gasteiger partial charge in [-0.2, -0.15) is 0 Å². The summed E-state index contributed by atoms with van der Waals surface area (Å²) in [6.07, 6.45) is 4.98. The normalized spacial score (nSPS) is 9.93. The minimum absolute atomic E-state index is 0.00463. The summed E-state index contributed by atoms with van der Waals surface area (Å²) in [7, 11) is 7.44. The SMILES string of the molecule is CC(=O)O.CC(=O)c1ncc(CC(=O)O)c2c(C)c(C)c(C)c(C)c12.CN.CNC(C)=O.CNC(C)=O.COC(=O)Cc1cnc(C(C)=O)c2c(C)c(C)c(C)c(C)c12.COC(=O)Cc1cnc(C(C)=O)c2c(C)c(C)c(C)c(C)c12. The molecule has 19 nitrogen and oxygen atoms in total. The lowest BCUT2D eigenvalue weighted by Gasteiger charge is -2.18. The monoisotopic (exact) mass is 1120 g/mol. The number of pyridine rings is 3. The number of carbonyl (C=O) groups excluding carboxylic acids is 7. The van der Waals surface area contributed by atoms with Crippen molar-refractivity contribution in [2.75, 3.05) is 35.4 Å². The van der Waals surface area contributed by atoms with Crippen molar-refractivity contribution in [2.24, 2.45) is 5.73 Å². The van der Waals surface area contributed by atoms with Gasteiger partial charge in [0.25, 0.3) is 5.97 Å². The van der Waals surface area contributed by atoms with Gasteiger partial charge in [-0.15, -0.1) is 0 Å². The molecule has 0 saturated heterocycles. The van der Waals surface area contributed by atoms with E-state index in [1.165, 1.54) is 73.2 Å². The van der Waals surface area contributed by atoms with Gasteiger partial charge in [0.05, 0.1) is 33.5 Å². The Morgan fingerprint density at radius 2 is 0.580 bits per heavy atom. The molecule has 3 heterocycles. The number of nitrogens with zero attached hydrogens (tertiary/aromatic N) is 3. The highest BCUT2D eigenvalue weighted by Gasteiger charge is 2.23. The zero-order valence-electron chi connectivity index (χ0n) is 51.7. The van der Waals surface area contributed by atoms with Crippen molar-refractivity contribution in [1.29, 1.82) is 0 Å². The second-order valence-corrected chi connectivity index (χ2v) is 19.0. The summed E-state index contributed by atoms with van der Waals surface area (Å²) >= 11 is 0. The van der Waals surface area contributed by atoms with Gasteiger partial charge in [-0.05, 0) is 190 Å². The van der Waals surface area contributed by atoms with Gasteiger partial charge in [0, 0.05) is 90.4 Å². The van der Waals surface area contributed by atoms with Gasteiger partial charge < -0.3 is 36.1 Å². The highest BCUT2D eigenvalue weighted by Crippen LogP contribution is 2.36. The number of ether oxygens (including phenoxy) is 2. The maximum atomic E-state index is 12.0. The lowest BCUT2D eigenvalue weighted by molar-refractivity contribution is -0.140. The van der Waals surface area contributed by atoms with Crippen molar-refractivity contribution in [3.63, 3.8) is 0 Å². The van der Waals surface area contributed by atoms with E-state index in [0.717, 1.165) is 106 Å². The van der Waals surface area contributed by atoms with Crippen LogP contribution in [0.3, 0.4) is 0 Å². The molecule has 6 rings (SSSR count). The van der Waals surface area contributed by atoms with Crippen molar-refractivity contribution in [3.05, 3.63) is 119 Å². The van der Waals surface area contributed by atoms with Crippen molar-refractivity contribution in [2.45, 2.75) is 144 Å². The predicted octanol–water partition coefficient (Wildman–Crippen LogP) is 9.24. The summed E-state index contributed by atoms with van der Waals surface area (Å²) < 4.78 is 9.54. The number of hydrogen-bond acceptors (Lipinski definition) is 15. The third-order valence-corrected chi connectivity index (χ3v) is 14.0. The number of aliphatic carboxylic acids is 2.